The lowest BCUT2D eigenvalue weighted by atomic mass is 9.83. The molecule has 0 spiro atoms. The first-order valence-electron chi connectivity index (χ1n) is 32.8. The Kier molecular flexibility index (Phi) is 24.3. The number of nitrogen functional groups attached to an aromatic ring is 1. The Bertz CT molecular complexity index is 3120. The van der Waals surface area contributed by atoms with Crippen LogP contribution in [0.5, 0.6) is 11.5 Å². The van der Waals surface area contributed by atoms with Gasteiger partial charge in [0.2, 0.25) is 29.5 Å². The smallest absolute Gasteiger partial charge is 0.246 e. The third-order valence-corrected chi connectivity index (χ3v) is 18.4. The molecule has 4 fully saturated rings. The number of piperazine rings is 1. The number of likely N-dealkylation sites (tertiary alicyclic amines) is 2. The molecular weight excluding hydrogens is 1150 g/mol. The molecule has 3 aliphatic heterocycles. The second kappa shape index (κ2) is 33.3. The molecule has 0 bridgehead atoms. The molecule has 3 saturated heterocycles. The van der Waals surface area contributed by atoms with Crippen LogP contribution in [0, 0.1) is 5.92 Å². The van der Waals surface area contributed by atoms with E-state index >= 15 is 0 Å². The number of ether oxygens (including phenoxy) is 5. The molecule has 10 rings (SSSR count). The van der Waals surface area contributed by atoms with Crippen molar-refractivity contribution in [3.63, 3.8) is 0 Å². The number of anilines is 1. The normalized spacial score (nSPS) is 20.7. The number of likely N-dealkylation sites (N-methyl/N-ethyl adjacent to an activating group) is 1. The lowest BCUT2D eigenvalue weighted by Gasteiger charge is -2.35. The average molecular weight is 1240 g/mol. The molecule has 6 atom stereocenters. The van der Waals surface area contributed by atoms with Crippen molar-refractivity contribution in [2.75, 3.05) is 125 Å². The van der Waals surface area contributed by atoms with Gasteiger partial charge in [0.25, 0.3) is 0 Å². The Labute approximate surface area is 528 Å². The van der Waals surface area contributed by atoms with Gasteiger partial charge in [-0.1, -0.05) is 61.7 Å². The summed E-state index contributed by atoms with van der Waals surface area (Å²) in [6.07, 6.45) is 12.1. The lowest BCUT2D eigenvalue weighted by Crippen LogP contribution is -2.58. The number of aryl methyl sites for hydroxylation is 1. The van der Waals surface area contributed by atoms with Crippen LogP contribution in [0.15, 0.2) is 85.2 Å². The van der Waals surface area contributed by atoms with Crippen molar-refractivity contribution in [1.29, 1.82) is 0 Å². The quantitative estimate of drug-likeness (QED) is 0.0358. The van der Waals surface area contributed by atoms with Crippen LogP contribution in [0.4, 0.5) is 5.82 Å². The molecule has 2 aliphatic carbocycles. The van der Waals surface area contributed by atoms with Crippen molar-refractivity contribution in [3.8, 4) is 22.8 Å². The van der Waals surface area contributed by atoms with E-state index < -0.39 is 24.2 Å². The van der Waals surface area contributed by atoms with Gasteiger partial charge in [-0.2, -0.15) is 5.10 Å². The highest BCUT2D eigenvalue weighted by Gasteiger charge is 2.45. The molecule has 90 heavy (non-hydrogen) atoms. The summed E-state index contributed by atoms with van der Waals surface area (Å²) in [5.74, 6) is 0.800. The zero-order valence-electron chi connectivity index (χ0n) is 52.6. The van der Waals surface area contributed by atoms with Crippen LogP contribution in [0.2, 0.25) is 0 Å². The van der Waals surface area contributed by atoms with Gasteiger partial charge in [-0.25, -0.2) is 14.6 Å². The van der Waals surface area contributed by atoms with E-state index in [-0.39, 0.29) is 80.3 Å². The van der Waals surface area contributed by atoms with Crippen LogP contribution < -0.4 is 31.7 Å². The maximum atomic E-state index is 14.7. The summed E-state index contributed by atoms with van der Waals surface area (Å²) < 4.78 is 30.9. The van der Waals surface area contributed by atoms with E-state index in [9.17, 15) is 24.0 Å². The predicted molar refractivity (Wildman–Crippen MR) is 341 cm³/mol. The number of nitrogens with two attached hydrogens (primary N) is 1. The second-order valence-corrected chi connectivity index (χ2v) is 24.6. The number of rotatable bonds is 30. The van der Waals surface area contributed by atoms with Crippen molar-refractivity contribution >= 4 is 46.4 Å². The van der Waals surface area contributed by atoms with Gasteiger partial charge in [-0.15, -0.1) is 0 Å². The van der Waals surface area contributed by atoms with Crippen molar-refractivity contribution in [3.05, 3.63) is 96.3 Å². The summed E-state index contributed by atoms with van der Waals surface area (Å²) in [4.78, 5) is 86.5. The Balaban J connectivity index is 0.567. The van der Waals surface area contributed by atoms with E-state index in [0.29, 0.717) is 74.3 Å². The lowest BCUT2D eigenvalue weighted by molar-refractivity contribution is -0.143. The van der Waals surface area contributed by atoms with E-state index in [0.717, 1.165) is 133 Å². The Morgan fingerprint density at radius 3 is 2.13 bits per heavy atom. The highest BCUT2D eigenvalue weighted by Crippen LogP contribution is 2.36. The first-order chi connectivity index (χ1) is 44.0. The van der Waals surface area contributed by atoms with E-state index in [1.807, 2.05) is 76.3 Å². The highest BCUT2D eigenvalue weighted by molar-refractivity contribution is 5.98. The fourth-order valence-electron chi connectivity index (χ4n) is 13.3. The monoisotopic (exact) mass is 1240 g/mol. The standard InChI is InChI=1S/C67H93N13O10/c1-47(69-2)65(83)74-62(49-15-5-3-6-16-49)67(85)79-43-51(42-57(79)66(84)73-56-22-11-17-48-14-9-10-21-55(48)56)72-58(81)45-89-41-40-88-39-38-87-37-36-86-35-34-77-32-30-76(31-33-77)28-13-23-59(82)78-29-12-18-52(44-78)80-64-60(63(68)70-46-71-64)61(75-80)50-24-26-54(27-25-50)90-53-19-7-4-8-20-53/h4,7-10,14,19-21,24-27,46-47,49,51-52,56-57,62,69H,3,5-6,11-13,15-18,22-23,28-45H2,1-2H3,(H,72,81)(H,73,84)(H,74,83)(H2,68,70,71)/t47-,51+,52?,56-,57+,62-/m1/s1. The fraction of sp³-hybridized carbons (Fsp3) is 0.582. The van der Waals surface area contributed by atoms with Crippen molar-refractivity contribution < 1.29 is 47.7 Å². The van der Waals surface area contributed by atoms with E-state index in [1.165, 1.54) is 11.9 Å². The van der Waals surface area contributed by atoms with Crippen LogP contribution >= 0.6 is 0 Å². The van der Waals surface area contributed by atoms with E-state index in [1.54, 1.807) is 18.9 Å². The van der Waals surface area contributed by atoms with Gasteiger partial charge in [0.05, 0.1) is 69.8 Å². The first-order valence-corrected chi connectivity index (χ1v) is 32.8. The number of nitrogens with one attached hydrogen (secondary N) is 4. The number of nitrogens with zero attached hydrogens (tertiary/aromatic N) is 8. The summed E-state index contributed by atoms with van der Waals surface area (Å²) in [7, 11) is 1.71. The Hall–Kier alpha value is -7.12. The topological polar surface area (TPSA) is 262 Å². The third kappa shape index (κ3) is 17.9. The number of carbonyl (C=O) groups is 5. The van der Waals surface area contributed by atoms with E-state index in [4.69, 9.17) is 34.5 Å². The molecule has 5 heterocycles. The van der Waals surface area contributed by atoms with Gasteiger partial charge >= 0.3 is 0 Å². The number of amides is 5. The Morgan fingerprint density at radius 1 is 0.700 bits per heavy atom. The molecule has 5 amide bonds. The van der Waals surface area contributed by atoms with Crippen LogP contribution in [-0.2, 0) is 49.3 Å². The molecule has 5 aromatic rings. The minimum atomic E-state index is -0.825. The molecule has 23 heteroatoms. The fourth-order valence-corrected chi connectivity index (χ4v) is 13.3. The molecule has 0 radical (unpaired) electrons. The number of hydrogen-bond donors (Lipinski definition) is 5. The SMILES string of the molecule is CN[C@H](C)C(=O)N[C@@H](C(=O)N1C[C@@H](NC(=O)COCCOCCOCCOCCN2CCN(CCCC(=O)N3CCCC(n4nc(-c5ccc(Oc6ccccc6)cc5)c5c(N)ncnc54)C3)CC2)C[C@H]1C(=O)N[C@@H]1CCCc2ccccc21)C1CCCCC1. The summed E-state index contributed by atoms with van der Waals surface area (Å²) in [6, 6.07) is 22.8. The number of benzene rings is 3. The van der Waals surface area contributed by atoms with Crippen molar-refractivity contribution in [2.24, 2.45) is 5.92 Å². The molecule has 486 valence electrons. The molecule has 6 N–H and O–H groups in total. The van der Waals surface area contributed by atoms with Crippen LogP contribution in [-0.4, -0.2) is 212 Å². The summed E-state index contributed by atoms with van der Waals surface area (Å²) in [5, 5.41) is 18.1. The van der Waals surface area contributed by atoms with E-state index in [2.05, 4.69) is 53.2 Å². The zero-order chi connectivity index (χ0) is 62.6. The molecule has 5 aliphatic rings. The average Bonchev–Trinajstić information content (AvgIpc) is 1.64. The minimum Gasteiger partial charge on any atom is -0.457 e. The molecule has 3 aromatic carbocycles. The summed E-state index contributed by atoms with van der Waals surface area (Å²) in [5.41, 5.74) is 11.0. The molecular formula is C67H93N13O10. The molecule has 1 saturated carbocycles. The highest BCUT2D eigenvalue weighted by atomic mass is 16.6. The van der Waals surface area contributed by atoms with Gasteiger partial charge < -0.3 is 65.4 Å². The number of hydrogen-bond acceptors (Lipinski definition) is 17. The van der Waals surface area contributed by atoms with Crippen LogP contribution in [0.1, 0.15) is 107 Å². The summed E-state index contributed by atoms with van der Waals surface area (Å²) in [6.45, 7) is 11.3. The molecule has 2 aromatic heterocycles. The largest absolute Gasteiger partial charge is 0.457 e. The van der Waals surface area contributed by atoms with Crippen molar-refractivity contribution in [1.82, 2.24) is 60.6 Å². The van der Waals surface area contributed by atoms with Gasteiger partial charge in [0.1, 0.15) is 48.0 Å². The second-order valence-electron chi connectivity index (χ2n) is 24.6. The minimum absolute atomic E-state index is 0.0423. The first kappa shape index (κ1) is 65.8. The molecule has 1 unspecified atom stereocenters. The maximum Gasteiger partial charge on any atom is 0.246 e. The van der Waals surface area contributed by atoms with Crippen molar-refractivity contribution in [2.45, 2.75) is 127 Å². The Morgan fingerprint density at radius 2 is 1.39 bits per heavy atom. The number of piperidine rings is 1. The number of fused-ring (bicyclic) bond motifs is 2. The molecule has 23 nitrogen and oxygen atoms in total. The summed E-state index contributed by atoms with van der Waals surface area (Å²) >= 11 is 0. The number of carbonyl (C=O) groups excluding carboxylic acids is 5. The van der Waals surface area contributed by atoms with Gasteiger partial charge in [0, 0.05) is 70.4 Å². The van der Waals surface area contributed by atoms with Crippen LogP contribution in [0.3, 0.4) is 0 Å². The van der Waals surface area contributed by atoms with Gasteiger partial charge in [-0.05, 0) is 132 Å². The zero-order valence-corrected chi connectivity index (χ0v) is 52.6. The third-order valence-electron chi connectivity index (χ3n) is 18.4. The van der Waals surface area contributed by atoms with Crippen LogP contribution in [0.25, 0.3) is 22.3 Å². The predicted octanol–water partition coefficient (Wildman–Crippen LogP) is 5.45. The number of aromatic nitrogens is 4. The maximum absolute atomic E-state index is 14.7. The van der Waals surface area contributed by atoms with Gasteiger partial charge in [0.15, 0.2) is 5.65 Å². The number of para-hydroxylation sites is 1. The van der Waals surface area contributed by atoms with Gasteiger partial charge in [-0.3, -0.25) is 28.9 Å².